The number of amides is 3. The van der Waals surface area contributed by atoms with Crippen LogP contribution in [0.5, 0.6) is 0 Å². The summed E-state index contributed by atoms with van der Waals surface area (Å²) in [6.45, 7) is 1.47. The summed E-state index contributed by atoms with van der Waals surface area (Å²) in [6, 6.07) is 0.190. The zero-order valence-electron chi connectivity index (χ0n) is 10.7. The normalized spacial score (nSPS) is 16.8. The van der Waals surface area contributed by atoms with E-state index in [1.807, 2.05) is 0 Å². The molecule has 0 radical (unpaired) electrons. The van der Waals surface area contributed by atoms with Crippen molar-refractivity contribution in [3.05, 3.63) is 0 Å². The van der Waals surface area contributed by atoms with Crippen LogP contribution in [0.4, 0.5) is 4.79 Å². The largest absolute Gasteiger partial charge is 0.375 e. The van der Waals surface area contributed by atoms with Crippen LogP contribution in [0.3, 0.4) is 0 Å². The molecule has 17 heavy (non-hydrogen) atoms. The second-order valence-electron chi connectivity index (χ2n) is 4.44. The fraction of sp³-hybridized carbons (Fsp3) is 0.818. The Hall–Kier alpha value is -1.30. The molecule has 1 heterocycles. The van der Waals surface area contributed by atoms with Crippen molar-refractivity contribution in [3.63, 3.8) is 0 Å². The number of urea groups is 1. The van der Waals surface area contributed by atoms with Gasteiger partial charge in [-0.2, -0.15) is 0 Å². The molecule has 1 aliphatic heterocycles. The number of ether oxygens (including phenoxy) is 1. The number of hydrogen-bond acceptors (Lipinski definition) is 3. The number of nitrogens with zero attached hydrogens (tertiary/aromatic N) is 2. The molecule has 0 spiro atoms. The predicted octanol–water partition coefficient (Wildman–Crippen LogP) is -0.105. The lowest BCUT2D eigenvalue weighted by Gasteiger charge is -2.33. The predicted molar refractivity (Wildman–Crippen MR) is 63.7 cm³/mol. The number of piperidine rings is 1. The van der Waals surface area contributed by atoms with Gasteiger partial charge >= 0.3 is 6.03 Å². The Balaban J connectivity index is 2.31. The molecule has 1 fully saturated rings. The maximum absolute atomic E-state index is 11.7. The topological polar surface area (TPSA) is 61.9 Å². The van der Waals surface area contributed by atoms with Gasteiger partial charge in [-0.15, -0.1) is 0 Å². The summed E-state index contributed by atoms with van der Waals surface area (Å²) in [6.07, 6.45) is 1.60. The molecule has 1 saturated heterocycles. The highest BCUT2D eigenvalue weighted by molar-refractivity contribution is 5.77. The average molecular weight is 243 g/mol. The maximum atomic E-state index is 11.7. The third kappa shape index (κ3) is 4.22. The number of carbonyl (C=O) groups excluding carboxylic acids is 2. The smallest absolute Gasteiger partial charge is 0.319 e. The zero-order valence-corrected chi connectivity index (χ0v) is 10.7. The lowest BCUT2D eigenvalue weighted by Crippen LogP contribution is -2.49. The van der Waals surface area contributed by atoms with Crippen LogP contribution in [0.25, 0.3) is 0 Å². The van der Waals surface area contributed by atoms with E-state index in [2.05, 4.69) is 5.32 Å². The molecule has 0 aromatic heterocycles. The van der Waals surface area contributed by atoms with Crippen LogP contribution in [-0.2, 0) is 9.53 Å². The molecule has 6 heteroatoms. The van der Waals surface area contributed by atoms with Gasteiger partial charge in [0.25, 0.3) is 0 Å². The Kier molecular flexibility index (Phi) is 5.21. The molecule has 0 atom stereocenters. The summed E-state index contributed by atoms with van der Waals surface area (Å²) < 4.78 is 4.75. The molecule has 6 nitrogen and oxygen atoms in total. The van der Waals surface area contributed by atoms with Gasteiger partial charge in [0.2, 0.25) is 5.91 Å². The molecular formula is C11H21N3O3. The minimum Gasteiger partial charge on any atom is -0.375 e. The van der Waals surface area contributed by atoms with Gasteiger partial charge in [0, 0.05) is 40.3 Å². The number of rotatable bonds is 3. The summed E-state index contributed by atoms with van der Waals surface area (Å²) in [4.78, 5) is 26.4. The molecule has 0 aromatic rings. The SMILES string of the molecule is COCC(=O)NC1CCN(C(=O)N(C)C)CC1. The number of methoxy groups -OCH3 is 1. The van der Waals surface area contributed by atoms with E-state index in [1.165, 1.54) is 7.11 Å². The van der Waals surface area contributed by atoms with E-state index in [4.69, 9.17) is 4.74 Å². The number of likely N-dealkylation sites (tertiary alicyclic amines) is 1. The van der Waals surface area contributed by atoms with Crippen molar-refractivity contribution in [2.45, 2.75) is 18.9 Å². The second-order valence-corrected chi connectivity index (χ2v) is 4.44. The van der Waals surface area contributed by atoms with Crippen molar-refractivity contribution in [2.75, 3.05) is 40.9 Å². The van der Waals surface area contributed by atoms with E-state index < -0.39 is 0 Å². The first-order valence-corrected chi connectivity index (χ1v) is 5.79. The standard InChI is InChI=1S/C11H21N3O3/c1-13(2)11(16)14-6-4-9(5-7-14)12-10(15)8-17-3/h9H,4-8H2,1-3H3,(H,12,15). The third-order valence-corrected chi connectivity index (χ3v) is 2.79. The molecule has 1 rings (SSSR count). The lowest BCUT2D eigenvalue weighted by atomic mass is 10.1. The highest BCUT2D eigenvalue weighted by Gasteiger charge is 2.24. The minimum atomic E-state index is -0.0927. The van der Waals surface area contributed by atoms with E-state index in [-0.39, 0.29) is 24.6 Å². The Labute approximate surface area is 102 Å². The third-order valence-electron chi connectivity index (χ3n) is 2.79. The first-order chi connectivity index (χ1) is 8.04. The molecule has 0 bridgehead atoms. The summed E-state index contributed by atoms with van der Waals surface area (Å²) in [7, 11) is 4.99. The zero-order chi connectivity index (χ0) is 12.8. The molecule has 0 unspecified atom stereocenters. The van der Waals surface area contributed by atoms with Crippen molar-refractivity contribution < 1.29 is 14.3 Å². The Morgan fingerprint density at radius 3 is 2.41 bits per heavy atom. The van der Waals surface area contributed by atoms with Crippen LogP contribution >= 0.6 is 0 Å². The van der Waals surface area contributed by atoms with E-state index in [1.54, 1.807) is 23.9 Å². The Morgan fingerprint density at radius 1 is 1.35 bits per heavy atom. The molecule has 98 valence electrons. The summed E-state index contributed by atoms with van der Waals surface area (Å²) in [5.74, 6) is -0.0927. The highest BCUT2D eigenvalue weighted by Crippen LogP contribution is 2.11. The van der Waals surface area contributed by atoms with Crippen molar-refractivity contribution in [1.82, 2.24) is 15.1 Å². The first-order valence-electron chi connectivity index (χ1n) is 5.79. The van der Waals surface area contributed by atoms with Crippen molar-refractivity contribution in [3.8, 4) is 0 Å². The van der Waals surface area contributed by atoms with Gasteiger partial charge in [-0.25, -0.2) is 4.79 Å². The van der Waals surface area contributed by atoms with Crippen LogP contribution in [0.15, 0.2) is 0 Å². The Morgan fingerprint density at radius 2 is 1.94 bits per heavy atom. The van der Waals surface area contributed by atoms with Crippen LogP contribution in [0, 0.1) is 0 Å². The molecular weight excluding hydrogens is 222 g/mol. The van der Waals surface area contributed by atoms with Crippen molar-refractivity contribution in [2.24, 2.45) is 0 Å². The van der Waals surface area contributed by atoms with Gasteiger partial charge < -0.3 is 19.9 Å². The molecule has 1 N–H and O–H groups in total. The van der Waals surface area contributed by atoms with Crippen molar-refractivity contribution >= 4 is 11.9 Å². The number of nitrogens with one attached hydrogen (secondary N) is 1. The second kappa shape index (κ2) is 6.44. The summed E-state index contributed by atoms with van der Waals surface area (Å²) >= 11 is 0. The first kappa shape index (κ1) is 13.8. The van der Waals surface area contributed by atoms with E-state index in [9.17, 15) is 9.59 Å². The van der Waals surface area contributed by atoms with Crippen molar-refractivity contribution in [1.29, 1.82) is 0 Å². The summed E-state index contributed by atoms with van der Waals surface area (Å²) in [5.41, 5.74) is 0. The van der Waals surface area contributed by atoms with Gasteiger partial charge in [-0.1, -0.05) is 0 Å². The molecule has 0 saturated carbocycles. The van der Waals surface area contributed by atoms with Gasteiger partial charge in [-0.3, -0.25) is 4.79 Å². The number of carbonyl (C=O) groups is 2. The van der Waals surface area contributed by atoms with Gasteiger partial charge in [-0.05, 0) is 12.8 Å². The molecule has 3 amide bonds. The molecule has 0 aromatic carbocycles. The van der Waals surface area contributed by atoms with E-state index in [0.29, 0.717) is 13.1 Å². The highest BCUT2D eigenvalue weighted by atomic mass is 16.5. The maximum Gasteiger partial charge on any atom is 0.319 e. The fourth-order valence-electron chi connectivity index (χ4n) is 1.90. The minimum absolute atomic E-state index is 0.0340. The van der Waals surface area contributed by atoms with Crippen LogP contribution in [0.1, 0.15) is 12.8 Å². The van der Waals surface area contributed by atoms with Gasteiger partial charge in [0.1, 0.15) is 6.61 Å². The quantitative estimate of drug-likeness (QED) is 0.752. The van der Waals surface area contributed by atoms with Gasteiger partial charge in [0.05, 0.1) is 0 Å². The Bertz CT molecular complexity index is 273. The van der Waals surface area contributed by atoms with Crippen LogP contribution in [-0.4, -0.2) is 68.7 Å². The molecule has 1 aliphatic rings. The fourth-order valence-corrected chi connectivity index (χ4v) is 1.90. The van der Waals surface area contributed by atoms with E-state index in [0.717, 1.165) is 12.8 Å². The van der Waals surface area contributed by atoms with Crippen LogP contribution < -0.4 is 5.32 Å². The summed E-state index contributed by atoms with van der Waals surface area (Å²) in [5, 5.41) is 2.89. The molecule has 0 aliphatic carbocycles. The monoisotopic (exact) mass is 243 g/mol. The number of hydrogen-bond donors (Lipinski definition) is 1. The van der Waals surface area contributed by atoms with E-state index >= 15 is 0 Å². The van der Waals surface area contributed by atoms with Crippen LogP contribution in [0.2, 0.25) is 0 Å². The lowest BCUT2D eigenvalue weighted by molar-refractivity contribution is -0.125. The van der Waals surface area contributed by atoms with Gasteiger partial charge in [0.15, 0.2) is 0 Å². The average Bonchev–Trinajstić information content (AvgIpc) is 2.29.